The Bertz CT molecular complexity index is 372. The van der Waals surface area contributed by atoms with Crippen LogP contribution in [0.15, 0.2) is 29.2 Å². The van der Waals surface area contributed by atoms with Crippen molar-refractivity contribution in [2.24, 2.45) is 5.92 Å². The van der Waals surface area contributed by atoms with Crippen molar-refractivity contribution in [3.63, 3.8) is 0 Å². The predicted molar refractivity (Wildman–Crippen MR) is 72.4 cm³/mol. The summed E-state index contributed by atoms with van der Waals surface area (Å²) < 4.78 is 0. The molecule has 2 rings (SSSR count). The minimum absolute atomic E-state index is 0.0255. The second-order valence-electron chi connectivity index (χ2n) is 4.38. The van der Waals surface area contributed by atoms with E-state index in [-0.39, 0.29) is 5.91 Å². The zero-order chi connectivity index (χ0) is 12.1. The third-order valence-electron chi connectivity index (χ3n) is 2.82. The van der Waals surface area contributed by atoms with Crippen molar-refractivity contribution in [3.05, 3.63) is 24.3 Å². The van der Waals surface area contributed by atoms with Gasteiger partial charge in [0.25, 0.3) is 0 Å². The molecule has 92 valence electrons. The van der Waals surface area contributed by atoms with E-state index in [0.29, 0.717) is 0 Å². The standard InChI is InChI=1S/C13H18N2OS/c1-10(16)15-12-2-4-13(5-3-12)17-9-11-6-7-14-8-11/h2-5,11,14H,6-9H2,1H3,(H,15,16). The van der Waals surface area contributed by atoms with Gasteiger partial charge in [0.1, 0.15) is 0 Å². The summed E-state index contributed by atoms with van der Waals surface area (Å²) in [5.41, 5.74) is 0.865. The van der Waals surface area contributed by atoms with Crippen molar-refractivity contribution in [1.29, 1.82) is 0 Å². The number of amides is 1. The average Bonchev–Trinajstić information content (AvgIpc) is 2.80. The van der Waals surface area contributed by atoms with Crippen LogP contribution in [0.4, 0.5) is 5.69 Å². The molecule has 1 aromatic carbocycles. The topological polar surface area (TPSA) is 41.1 Å². The van der Waals surface area contributed by atoms with E-state index in [1.54, 1.807) is 0 Å². The summed E-state index contributed by atoms with van der Waals surface area (Å²) in [6, 6.07) is 8.05. The molecule has 0 spiro atoms. The molecule has 0 aliphatic carbocycles. The first-order valence-corrected chi connectivity index (χ1v) is 6.94. The van der Waals surface area contributed by atoms with Crippen LogP contribution in [0.25, 0.3) is 0 Å². The lowest BCUT2D eigenvalue weighted by atomic mass is 10.2. The van der Waals surface area contributed by atoms with Gasteiger partial charge in [0.2, 0.25) is 5.91 Å². The Morgan fingerprint density at radius 1 is 1.47 bits per heavy atom. The Hall–Kier alpha value is -1.00. The minimum atomic E-state index is -0.0255. The monoisotopic (exact) mass is 250 g/mol. The fourth-order valence-corrected chi connectivity index (χ4v) is 2.95. The van der Waals surface area contributed by atoms with E-state index in [1.165, 1.54) is 24.0 Å². The van der Waals surface area contributed by atoms with Crippen LogP contribution in [0.1, 0.15) is 13.3 Å². The van der Waals surface area contributed by atoms with E-state index in [9.17, 15) is 4.79 Å². The smallest absolute Gasteiger partial charge is 0.221 e. The van der Waals surface area contributed by atoms with Crippen LogP contribution in [0, 0.1) is 5.92 Å². The molecule has 0 radical (unpaired) electrons. The summed E-state index contributed by atoms with van der Waals surface area (Å²) in [4.78, 5) is 12.1. The Morgan fingerprint density at radius 2 is 2.24 bits per heavy atom. The van der Waals surface area contributed by atoms with Gasteiger partial charge in [-0.1, -0.05) is 0 Å². The molecule has 17 heavy (non-hydrogen) atoms. The number of thioether (sulfide) groups is 1. The van der Waals surface area contributed by atoms with Crippen LogP contribution in [0.3, 0.4) is 0 Å². The maximum atomic E-state index is 10.9. The van der Waals surface area contributed by atoms with Gasteiger partial charge in [-0.25, -0.2) is 0 Å². The quantitative estimate of drug-likeness (QED) is 0.806. The number of anilines is 1. The molecule has 1 aliphatic heterocycles. The average molecular weight is 250 g/mol. The van der Waals surface area contributed by atoms with Crippen LogP contribution in [-0.4, -0.2) is 24.7 Å². The Balaban J connectivity index is 1.82. The van der Waals surface area contributed by atoms with Crippen LogP contribution in [0.2, 0.25) is 0 Å². The normalized spacial score (nSPS) is 19.2. The Morgan fingerprint density at radius 3 is 2.82 bits per heavy atom. The SMILES string of the molecule is CC(=O)Nc1ccc(SCC2CCNC2)cc1. The van der Waals surface area contributed by atoms with Crippen LogP contribution in [-0.2, 0) is 4.79 Å². The number of nitrogens with one attached hydrogen (secondary N) is 2. The zero-order valence-corrected chi connectivity index (χ0v) is 10.8. The van der Waals surface area contributed by atoms with Gasteiger partial charge in [-0.15, -0.1) is 11.8 Å². The molecule has 1 aromatic rings. The van der Waals surface area contributed by atoms with Crippen molar-refractivity contribution < 1.29 is 4.79 Å². The lowest BCUT2D eigenvalue weighted by molar-refractivity contribution is -0.114. The maximum absolute atomic E-state index is 10.9. The van der Waals surface area contributed by atoms with Crippen molar-refractivity contribution in [1.82, 2.24) is 5.32 Å². The molecule has 1 heterocycles. The van der Waals surface area contributed by atoms with Gasteiger partial charge in [0.15, 0.2) is 0 Å². The van der Waals surface area contributed by atoms with Crippen LogP contribution < -0.4 is 10.6 Å². The molecular weight excluding hydrogens is 232 g/mol. The third kappa shape index (κ3) is 4.06. The fraction of sp³-hybridized carbons (Fsp3) is 0.462. The summed E-state index contributed by atoms with van der Waals surface area (Å²) >= 11 is 1.89. The van der Waals surface area contributed by atoms with Crippen molar-refractivity contribution in [2.45, 2.75) is 18.2 Å². The highest BCUT2D eigenvalue weighted by Crippen LogP contribution is 2.24. The van der Waals surface area contributed by atoms with Crippen molar-refractivity contribution in [2.75, 3.05) is 24.2 Å². The molecule has 3 nitrogen and oxygen atoms in total. The molecule has 1 atom stereocenters. The zero-order valence-electron chi connectivity index (χ0n) is 10.0. The van der Waals surface area contributed by atoms with Crippen LogP contribution >= 0.6 is 11.8 Å². The van der Waals surface area contributed by atoms with Gasteiger partial charge >= 0.3 is 0 Å². The van der Waals surface area contributed by atoms with Gasteiger partial charge in [0, 0.05) is 23.3 Å². The fourth-order valence-electron chi connectivity index (χ4n) is 1.91. The number of carbonyl (C=O) groups excluding carboxylic acids is 1. The van der Waals surface area contributed by atoms with E-state index in [1.807, 2.05) is 23.9 Å². The summed E-state index contributed by atoms with van der Waals surface area (Å²) in [5, 5.41) is 6.15. The van der Waals surface area contributed by atoms with E-state index in [2.05, 4.69) is 22.8 Å². The van der Waals surface area contributed by atoms with Gasteiger partial charge in [0.05, 0.1) is 0 Å². The molecule has 1 amide bonds. The molecule has 1 saturated heterocycles. The van der Waals surface area contributed by atoms with E-state index < -0.39 is 0 Å². The molecular formula is C13H18N2OS. The molecule has 0 bridgehead atoms. The van der Waals surface area contributed by atoms with Crippen molar-refractivity contribution in [3.8, 4) is 0 Å². The number of rotatable bonds is 4. The van der Waals surface area contributed by atoms with Gasteiger partial charge in [-0.05, 0) is 49.7 Å². The first-order valence-electron chi connectivity index (χ1n) is 5.95. The predicted octanol–water partition coefficient (Wildman–Crippen LogP) is 2.35. The highest BCUT2D eigenvalue weighted by atomic mass is 32.2. The lowest BCUT2D eigenvalue weighted by Crippen LogP contribution is -2.10. The summed E-state index contributed by atoms with van der Waals surface area (Å²) in [6.07, 6.45) is 1.29. The van der Waals surface area contributed by atoms with Gasteiger partial charge in [-0.2, -0.15) is 0 Å². The molecule has 0 saturated carbocycles. The number of carbonyl (C=O) groups is 1. The lowest BCUT2D eigenvalue weighted by Gasteiger charge is -2.08. The Kier molecular flexibility index (Phi) is 4.45. The number of hydrogen-bond acceptors (Lipinski definition) is 3. The Labute approximate surface area is 106 Å². The van der Waals surface area contributed by atoms with Gasteiger partial charge < -0.3 is 10.6 Å². The molecule has 4 heteroatoms. The summed E-state index contributed by atoms with van der Waals surface area (Å²) in [6.45, 7) is 3.83. The van der Waals surface area contributed by atoms with Gasteiger partial charge in [-0.3, -0.25) is 4.79 Å². The minimum Gasteiger partial charge on any atom is -0.326 e. The second-order valence-corrected chi connectivity index (χ2v) is 5.47. The molecule has 1 unspecified atom stereocenters. The summed E-state index contributed by atoms with van der Waals surface area (Å²) in [5.74, 6) is 1.95. The van der Waals surface area contributed by atoms with Crippen molar-refractivity contribution >= 4 is 23.4 Å². The number of benzene rings is 1. The van der Waals surface area contributed by atoms with Crippen LogP contribution in [0.5, 0.6) is 0 Å². The highest BCUT2D eigenvalue weighted by molar-refractivity contribution is 7.99. The maximum Gasteiger partial charge on any atom is 0.221 e. The molecule has 0 aromatic heterocycles. The molecule has 1 aliphatic rings. The highest BCUT2D eigenvalue weighted by Gasteiger charge is 2.14. The molecule has 2 N–H and O–H groups in total. The molecule has 1 fully saturated rings. The van der Waals surface area contributed by atoms with E-state index in [0.717, 1.165) is 24.7 Å². The number of hydrogen-bond donors (Lipinski definition) is 2. The largest absolute Gasteiger partial charge is 0.326 e. The first-order chi connectivity index (χ1) is 8.24. The first kappa shape index (κ1) is 12.5. The third-order valence-corrected chi connectivity index (χ3v) is 4.07. The van der Waals surface area contributed by atoms with E-state index in [4.69, 9.17) is 0 Å². The second kappa shape index (κ2) is 6.07. The van der Waals surface area contributed by atoms with E-state index >= 15 is 0 Å². The summed E-state index contributed by atoms with van der Waals surface area (Å²) in [7, 11) is 0.